The Hall–Kier alpha value is -2.11. The number of hydrogen-bond donors (Lipinski definition) is 2. The highest BCUT2D eigenvalue weighted by Crippen LogP contribution is 2.09. The van der Waals surface area contributed by atoms with Gasteiger partial charge in [-0.15, -0.1) is 0 Å². The smallest absolute Gasteiger partial charge is 0.290 e. The highest BCUT2D eigenvalue weighted by atomic mass is 16.5. The van der Waals surface area contributed by atoms with Gasteiger partial charge in [0.2, 0.25) is 5.76 Å². The summed E-state index contributed by atoms with van der Waals surface area (Å²) in [5.74, 6) is -0.0492. The molecule has 2 N–H and O–H groups in total. The van der Waals surface area contributed by atoms with Gasteiger partial charge in [0.1, 0.15) is 0 Å². The predicted molar refractivity (Wildman–Crippen MR) is 60.5 cm³/mol. The summed E-state index contributed by atoms with van der Waals surface area (Å²) in [5, 5.41) is 13.4. The van der Waals surface area contributed by atoms with Crippen LogP contribution in [0.4, 0.5) is 0 Å². The SMILES string of the molecule is Cc1cc(C(=O)NCc2c(C)n[nH]c2C)on1. The van der Waals surface area contributed by atoms with Crippen LogP contribution < -0.4 is 5.32 Å². The Labute approximate surface area is 98.4 Å². The number of amides is 1. The molecule has 0 bridgehead atoms. The molecule has 0 spiro atoms. The summed E-state index contributed by atoms with van der Waals surface area (Å²) in [5.41, 5.74) is 3.52. The molecule has 1 amide bonds. The molecule has 0 aliphatic rings. The van der Waals surface area contributed by atoms with Crippen LogP contribution in [-0.4, -0.2) is 21.3 Å². The van der Waals surface area contributed by atoms with Gasteiger partial charge in [-0.2, -0.15) is 5.10 Å². The summed E-state index contributed by atoms with van der Waals surface area (Å²) < 4.78 is 4.87. The zero-order valence-electron chi connectivity index (χ0n) is 10.00. The van der Waals surface area contributed by atoms with Gasteiger partial charge in [0.05, 0.1) is 11.4 Å². The van der Waals surface area contributed by atoms with Crippen LogP contribution in [0.3, 0.4) is 0 Å². The number of nitrogens with one attached hydrogen (secondary N) is 2. The van der Waals surface area contributed by atoms with Crippen LogP contribution in [0, 0.1) is 20.8 Å². The summed E-state index contributed by atoms with van der Waals surface area (Å²) in [6.45, 7) is 6.00. The first kappa shape index (κ1) is 11.4. The van der Waals surface area contributed by atoms with Crippen molar-refractivity contribution in [2.45, 2.75) is 27.3 Å². The molecule has 0 unspecified atom stereocenters. The van der Waals surface area contributed by atoms with Crippen LogP contribution in [0.15, 0.2) is 10.6 Å². The van der Waals surface area contributed by atoms with Gasteiger partial charge in [0.15, 0.2) is 0 Å². The minimum Gasteiger partial charge on any atom is -0.351 e. The number of carbonyl (C=O) groups excluding carboxylic acids is 1. The third-order valence-corrected chi connectivity index (χ3v) is 2.56. The second-order valence-corrected chi connectivity index (χ2v) is 3.93. The zero-order chi connectivity index (χ0) is 12.4. The lowest BCUT2D eigenvalue weighted by Crippen LogP contribution is -2.22. The van der Waals surface area contributed by atoms with E-state index < -0.39 is 0 Å². The fourth-order valence-corrected chi connectivity index (χ4v) is 1.56. The molecular formula is C11H14N4O2. The van der Waals surface area contributed by atoms with Crippen LogP contribution in [0.2, 0.25) is 0 Å². The number of aromatic nitrogens is 3. The lowest BCUT2D eigenvalue weighted by molar-refractivity contribution is 0.0914. The Morgan fingerprint density at radius 1 is 1.47 bits per heavy atom. The van der Waals surface area contributed by atoms with Gasteiger partial charge in [-0.3, -0.25) is 9.89 Å². The van der Waals surface area contributed by atoms with E-state index in [1.165, 1.54) is 0 Å². The van der Waals surface area contributed by atoms with Gasteiger partial charge in [-0.05, 0) is 20.8 Å². The first-order valence-corrected chi connectivity index (χ1v) is 5.30. The highest BCUT2D eigenvalue weighted by Gasteiger charge is 2.13. The minimum atomic E-state index is -0.273. The van der Waals surface area contributed by atoms with Gasteiger partial charge < -0.3 is 9.84 Å². The first-order chi connectivity index (χ1) is 8.08. The van der Waals surface area contributed by atoms with Crippen molar-refractivity contribution in [3.63, 3.8) is 0 Å². The van der Waals surface area contributed by atoms with Gasteiger partial charge in [0, 0.05) is 23.9 Å². The monoisotopic (exact) mass is 234 g/mol. The Morgan fingerprint density at radius 3 is 2.76 bits per heavy atom. The second kappa shape index (κ2) is 4.40. The van der Waals surface area contributed by atoms with E-state index in [0.717, 1.165) is 17.0 Å². The standard InChI is InChI=1S/C11H14N4O2/c1-6-4-10(17-15-6)11(16)12-5-9-7(2)13-14-8(9)3/h4H,5H2,1-3H3,(H,12,16)(H,13,14). The molecule has 2 aromatic heterocycles. The van der Waals surface area contributed by atoms with Crippen molar-refractivity contribution in [1.82, 2.24) is 20.7 Å². The molecule has 0 aromatic carbocycles. The number of aryl methyl sites for hydroxylation is 3. The molecule has 0 radical (unpaired) electrons. The number of rotatable bonds is 3. The lowest BCUT2D eigenvalue weighted by atomic mass is 10.2. The summed E-state index contributed by atoms with van der Waals surface area (Å²) in [7, 11) is 0. The van der Waals surface area contributed by atoms with Gasteiger partial charge in [0.25, 0.3) is 5.91 Å². The van der Waals surface area contributed by atoms with Crippen molar-refractivity contribution < 1.29 is 9.32 Å². The molecule has 17 heavy (non-hydrogen) atoms. The summed E-state index contributed by atoms with van der Waals surface area (Å²) >= 11 is 0. The Bertz CT molecular complexity index is 522. The molecule has 2 rings (SSSR count). The van der Waals surface area contributed by atoms with E-state index in [2.05, 4.69) is 20.7 Å². The van der Waals surface area contributed by atoms with Crippen molar-refractivity contribution in [3.8, 4) is 0 Å². The number of hydrogen-bond acceptors (Lipinski definition) is 4. The molecule has 6 nitrogen and oxygen atoms in total. The molecule has 90 valence electrons. The van der Waals surface area contributed by atoms with E-state index in [1.54, 1.807) is 13.0 Å². The van der Waals surface area contributed by atoms with Gasteiger partial charge in [-0.1, -0.05) is 5.16 Å². The van der Waals surface area contributed by atoms with Crippen molar-refractivity contribution >= 4 is 5.91 Å². The van der Waals surface area contributed by atoms with Crippen LogP contribution in [0.1, 0.15) is 33.2 Å². The van der Waals surface area contributed by atoms with Crippen molar-refractivity contribution in [3.05, 3.63) is 34.5 Å². The lowest BCUT2D eigenvalue weighted by Gasteiger charge is -2.02. The van der Waals surface area contributed by atoms with Gasteiger partial charge >= 0.3 is 0 Å². The van der Waals surface area contributed by atoms with E-state index in [1.807, 2.05) is 13.8 Å². The van der Waals surface area contributed by atoms with E-state index in [0.29, 0.717) is 12.2 Å². The molecule has 2 heterocycles. The highest BCUT2D eigenvalue weighted by molar-refractivity contribution is 5.91. The minimum absolute atomic E-state index is 0.223. The maximum absolute atomic E-state index is 11.7. The second-order valence-electron chi connectivity index (χ2n) is 3.93. The third kappa shape index (κ3) is 2.35. The third-order valence-electron chi connectivity index (χ3n) is 2.56. The van der Waals surface area contributed by atoms with Crippen molar-refractivity contribution in [1.29, 1.82) is 0 Å². The quantitative estimate of drug-likeness (QED) is 0.837. The molecule has 0 atom stereocenters. The maximum Gasteiger partial charge on any atom is 0.290 e. The fraction of sp³-hybridized carbons (Fsp3) is 0.364. The number of aromatic amines is 1. The molecule has 6 heteroatoms. The maximum atomic E-state index is 11.7. The predicted octanol–water partition coefficient (Wildman–Crippen LogP) is 1.25. The summed E-state index contributed by atoms with van der Waals surface area (Å²) in [6.07, 6.45) is 0. The molecule has 0 aliphatic carbocycles. The van der Waals surface area contributed by atoms with E-state index >= 15 is 0 Å². The van der Waals surface area contributed by atoms with E-state index in [-0.39, 0.29) is 11.7 Å². The van der Waals surface area contributed by atoms with Crippen LogP contribution >= 0.6 is 0 Å². The number of nitrogens with zero attached hydrogens (tertiary/aromatic N) is 2. The van der Waals surface area contributed by atoms with Crippen molar-refractivity contribution in [2.24, 2.45) is 0 Å². The van der Waals surface area contributed by atoms with Crippen molar-refractivity contribution in [2.75, 3.05) is 0 Å². The Morgan fingerprint density at radius 2 is 2.24 bits per heavy atom. The number of carbonyl (C=O) groups is 1. The van der Waals surface area contributed by atoms with Crippen LogP contribution in [0.25, 0.3) is 0 Å². The van der Waals surface area contributed by atoms with E-state index in [9.17, 15) is 4.79 Å². The largest absolute Gasteiger partial charge is 0.351 e. The Balaban J connectivity index is 2.02. The average Bonchev–Trinajstić information content (AvgIpc) is 2.84. The fourth-order valence-electron chi connectivity index (χ4n) is 1.56. The topological polar surface area (TPSA) is 83.8 Å². The molecule has 0 fully saturated rings. The average molecular weight is 234 g/mol. The molecule has 0 saturated carbocycles. The normalized spacial score (nSPS) is 10.5. The zero-order valence-corrected chi connectivity index (χ0v) is 10.00. The van der Waals surface area contributed by atoms with Gasteiger partial charge in [-0.25, -0.2) is 0 Å². The molecule has 0 saturated heterocycles. The summed E-state index contributed by atoms with van der Waals surface area (Å²) in [6, 6.07) is 1.60. The van der Waals surface area contributed by atoms with Crippen LogP contribution in [0.5, 0.6) is 0 Å². The van der Waals surface area contributed by atoms with Crippen LogP contribution in [-0.2, 0) is 6.54 Å². The Kier molecular flexibility index (Phi) is 2.95. The van der Waals surface area contributed by atoms with E-state index in [4.69, 9.17) is 4.52 Å². The number of H-pyrrole nitrogens is 1. The molecule has 0 aliphatic heterocycles. The first-order valence-electron chi connectivity index (χ1n) is 5.30. The molecule has 2 aromatic rings. The molecular weight excluding hydrogens is 220 g/mol. The summed E-state index contributed by atoms with van der Waals surface area (Å²) in [4.78, 5) is 11.7.